The quantitative estimate of drug-likeness (QED) is 0.478. The lowest BCUT2D eigenvalue weighted by Crippen LogP contribution is -2.38. The van der Waals surface area contributed by atoms with E-state index < -0.39 is 6.10 Å². The van der Waals surface area contributed by atoms with Crippen molar-refractivity contribution in [3.63, 3.8) is 0 Å². The van der Waals surface area contributed by atoms with Gasteiger partial charge in [-0.2, -0.15) is 5.10 Å². The van der Waals surface area contributed by atoms with Crippen LogP contribution in [-0.4, -0.2) is 53.3 Å². The van der Waals surface area contributed by atoms with Crippen molar-refractivity contribution in [1.29, 1.82) is 0 Å². The Kier molecular flexibility index (Phi) is 5.60. The van der Waals surface area contributed by atoms with Gasteiger partial charge < -0.3 is 9.67 Å². The first kappa shape index (κ1) is 20.4. The predicted octanol–water partition coefficient (Wildman–Crippen LogP) is 3.72. The number of aromatic nitrogens is 5. The highest BCUT2D eigenvalue weighted by atomic mass is 32.1. The topological polar surface area (TPSA) is 71.5 Å². The summed E-state index contributed by atoms with van der Waals surface area (Å²) in [6.45, 7) is 5.93. The first-order valence-electron chi connectivity index (χ1n) is 10.9. The first-order chi connectivity index (χ1) is 15.1. The van der Waals surface area contributed by atoms with Gasteiger partial charge in [0.2, 0.25) is 0 Å². The number of imidazole rings is 1. The number of thiophene rings is 1. The van der Waals surface area contributed by atoms with E-state index in [0.29, 0.717) is 6.42 Å². The van der Waals surface area contributed by atoms with Gasteiger partial charge in [0, 0.05) is 37.8 Å². The second-order valence-electron chi connectivity index (χ2n) is 8.29. The Hall–Kier alpha value is -2.55. The average molecular weight is 437 g/mol. The minimum Gasteiger partial charge on any atom is -0.390 e. The number of pyridine rings is 1. The van der Waals surface area contributed by atoms with Gasteiger partial charge in [-0.1, -0.05) is 12.1 Å². The van der Waals surface area contributed by atoms with Gasteiger partial charge in [0.1, 0.15) is 12.0 Å². The Balaban J connectivity index is 1.47. The minimum absolute atomic E-state index is 0.102. The molecule has 31 heavy (non-hydrogen) atoms. The summed E-state index contributed by atoms with van der Waals surface area (Å²) in [4.78, 5) is 13.2. The average Bonchev–Trinajstić information content (AvgIpc) is 3.52. The maximum absolute atomic E-state index is 10.7. The van der Waals surface area contributed by atoms with E-state index in [-0.39, 0.29) is 6.17 Å². The van der Waals surface area contributed by atoms with Crippen LogP contribution in [0.25, 0.3) is 16.2 Å². The molecule has 0 amide bonds. The molecule has 0 radical (unpaired) electrons. The molecule has 2 unspecified atom stereocenters. The first-order valence-corrected chi connectivity index (χ1v) is 11.8. The molecule has 8 heteroatoms. The van der Waals surface area contributed by atoms with Gasteiger partial charge in [-0.3, -0.25) is 4.90 Å². The van der Waals surface area contributed by atoms with Crippen LogP contribution in [0.4, 0.5) is 0 Å². The van der Waals surface area contributed by atoms with Crippen LogP contribution in [0, 0.1) is 6.92 Å². The van der Waals surface area contributed by atoms with Crippen LogP contribution < -0.4 is 0 Å². The van der Waals surface area contributed by atoms with Gasteiger partial charge in [0.25, 0.3) is 0 Å². The summed E-state index contributed by atoms with van der Waals surface area (Å²) in [5.74, 6) is 1.79. The summed E-state index contributed by atoms with van der Waals surface area (Å²) < 4.78 is 4.08. The normalized spacial score (nSPS) is 16.9. The van der Waals surface area contributed by atoms with Crippen LogP contribution in [-0.2, 0) is 12.8 Å². The summed E-state index contributed by atoms with van der Waals surface area (Å²) in [5, 5.41) is 17.4. The zero-order chi connectivity index (χ0) is 21.4. The SMILES string of the molecule is Cc1cccc2nc(CCc3nc(-c4cccs4)cn3C(C(C)O)N3CCCC3)nn12. The zero-order valence-corrected chi connectivity index (χ0v) is 18.8. The van der Waals surface area contributed by atoms with Gasteiger partial charge in [-0.25, -0.2) is 14.5 Å². The molecule has 162 valence electrons. The molecule has 1 aliphatic heterocycles. The van der Waals surface area contributed by atoms with E-state index in [1.165, 1.54) is 12.8 Å². The van der Waals surface area contributed by atoms with Crippen LogP contribution in [0.15, 0.2) is 41.9 Å². The maximum atomic E-state index is 10.7. The Morgan fingerprint density at radius 2 is 1.94 bits per heavy atom. The van der Waals surface area contributed by atoms with Gasteiger partial charge in [0.15, 0.2) is 11.5 Å². The number of aryl methyl sites for hydroxylation is 3. The van der Waals surface area contributed by atoms with Crippen molar-refractivity contribution < 1.29 is 5.11 Å². The number of hydrogen-bond donors (Lipinski definition) is 1. The molecule has 7 nitrogen and oxygen atoms in total. The zero-order valence-electron chi connectivity index (χ0n) is 18.0. The smallest absolute Gasteiger partial charge is 0.155 e. The molecule has 4 aromatic rings. The van der Waals surface area contributed by atoms with E-state index in [4.69, 9.17) is 4.98 Å². The van der Waals surface area contributed by atoms with Crippen molar-refractivity contribution in [2.45, 2.75) is 51.8 Å². The summed E-state index contributed by atoms with van der Waals surface area (Å²) in [6.07, 6.45) is 5.30. The van der Waals surface area contributed by atoms with Crippen molar-refractivity contribution in [2.75, 3.05) is 13.1 Å². The molecule has 0 aliphatic carbocycles. The molecule has 0 aromatic carbocycles. The van der Waals surface area contributed by atoms with Gasteiger partial charge in [-0.15, -0.1) is 11.3 Å². The summed E-state index contributed by atoms with van der Waals surface area (Å²) >= 11 is 1.69. The van der Waals surface area contributed by atoms with Gasteiger partial charge in [-0.05, 0) is 50.3 Å². The summed E-state index contributed by atoms with van der Waals surface area (Å²) in [6, 6.07) is 10.2. The van der Waals surface area contributed by atoms with Crippen LogP contribution in [0.2, 0.25) is 0 Å². The van der Waals surface area contributed by atoms with Crippen LogP contribution in [0.1, 0.15) is 43.3 Å². The van der Waals surface area contributed by atoms with E-state index in [1.54, 1.807) is 11.3 Å². The van der Waals surface area contributed by atoms with E-state index >= 15 is 0 Å². The lowest BCUT2D eigenvalue weighted by molar-refractivity contribution is 0.0298. The number of aliphatic hydroxyl groups excluding tert-OH is 1. The number of rotatable bonds is 7. The van der Waals surface area contributed by atoms with Crippen LogP contribution in [0.5, 0.6) is 0 Å². The molecular formula is C23H28N6OS. The molecule has 5 rings (SSSR count). The highest BCUT2D eigenvalue weighted by molar-refractivity contribution is 7.13. The van der Waals surface area contributed by atoms with Crippen molar-refractivity contribution in [1.82, 2.24) is 29.0 Å². The lowest BCUT2D eigenvalue weighted by atomic mass is 10.2. The van der Waals surface area contributed by atoms with Crippen molar-refractivity contribution in [3.8, 4) is 10.6 Å². The monoisotopic (exact) mass is 436 g/mol. The second kappa shape index (κ2) is 8.53. The molecule has 2 atom stereocenters. The Labute approximate surface area is 186 Å². The third-order valence-corrected chi connectivity index (χ3v) is 6.87. The molecule has 0 saturated carbocycles. The second-order valence-corrected chi connectivity index (χ2v) is 9.24. The van der Waals surface area contributed by atoms with Crippen LogP contribution in [0.3, 0.4) is 0 Å². The van der Waals surface area contributed by atoms with E-state index in [2.05, 4.69) is 37.2 Å². The number of aliphatic hydroxyl groups is 1. The molecule has 1 saturated heterocycles. The van der Waals surface area contributed by atoms with E-state index in [1.807, 2.05) is 42.6 Å². The Morgan fingerprint density at radius 3 is 2.65 bits per heavy atom. The third-order valence-electron chi connectivity index (χ3n) is 5.98. The molecule has 1 aliphatic rings. The van der Waals surface area contributed by atoms with Gasteiger partial charge >= 0.3 is 0 Å². The number of hydrogen-bond acceptors (Lipinski definition) is 6. The van der Waals surface area contributed by atoms with Gasteiger partial charge in [0.05, 0.1) is 16.7 Å². The highest BCUT2D eigenvalue weighted by Crippen LogP contribution is 2.30. The fraction of sp³-hybridized carbons (Fsp3) is 0.435. The predicted molar refractivity (Wildman–Crippen MR) is 122 cm³/mol. The molecule has 1 N–H and O–H groups in total. The summed E-state index contributed by atoms with van der Waals surface area (Å²) in [5.41, 5.74) is 2.91. The molecular weight excluding hydrogens is 408 g/mol. The standard InChI is InChI=1S/C23H28N6OS/c1-16-7-5-9-22-25-20(26-29(16)22)10-11-21-24-18(19-8-6-14-31-19)15-28(21)23(17(2)30)27-12-3-4-13-27/h5-9,14-15,17,23,30H,3-4,10-13H2,1-2H3. The third kappa shape index (κ3) is 4.03. The summed E-state index contributed by atoms with van der Waals surface area (Å²) in [7, 11) is 0. The lowest BCUT2D eigenvalue weighted by Gasteiger charge is -2.32. The van der Waals surface area contributed by atoms with Crippen molar-refractivity contribution >= 4 is 17.0 Å². The van der Waals surface area contributed by atoms with Crippen LogP contribution >= 0.6 is 11.3 Å². The number of fused-ring (bicyclic) bond motifs is 1. The fourth-order valence-electron chi connectivity index (χ4n) is 4.52. The van der Waals surface area contributed by atoms with Crippen molar-refractivity contribution in [3.05, 3.63) is 59.3 Å². The Bertz CT molecular complexity index is 1160. The van der Waals surface area contributed by atoms with E-state index in [0.717, 1.165) is 53.1 Å². The molecule has 0 spiro atoms. The largest absolute Gasteiger partial charge is 0.390 e. The molecule has 1 fully saturated rings. The number of likely N-dealkylation sites (tertiary alicyclic amines) is 1. The molecule has 5 heterocycles. The molecule has 4 aromatic heterocycles. The fourth-order valence-corrected chi connectivity index (χ4v) is 5.20. The minimum atomic E-state index is -0.488. The number of nitrogens with zero attached hydrogens (tertiary/aromatic N) is 6. The maximum Gasteiger partial charge on any atom is 0.155 e. The highest BCUT2D eigenvalue weighted by Gasteiger charge is 2.29. The Morgan fingerprint density at radius 1 is 1.10 bits per heavy atom. The van der Waals surface area contributed by atoms with E-state index in [9.17, 15) is 5.11 Å². The molecule has 0 bridgehead atoms. The van der Waals surface area contributed by atoms with Crippen molar-refractivity contribution in [2.24, 2.45) is 0 Å².